The van der Waals surface area contributed by atoms with Crippen molar-refractivity contribution in [1.82, 2.24) is 5.32 Å². The third-order valence-electron chi connectivity index (χ3n) is 2.43. The van der Waals surface area contributed by atoms with Crippen molar-refractivity contribution in [3.8, 4) is 11.8 Å². The van der Waals surface area contributed by atoms with Gasteiger partial charge in [0, 0.05) is 18.5 Å². The maximum Gasteiger partial charge on any atom is 0.407 e. The Morgan fingerprint density at radius 1 is 1.27 bits per heavy atom. The standard InChI is InChI=1S/C17H21NO4/c1-17(2,3)22-16(20)18-11-6-5-8-13-9-7-10-14(12-13)15(19)21-4/h7,9-10,12H,6,11H2,1-4H3,(H,18,20). The molecule has 0 heterocycles. The number of alkyl carbamates (subject to hydrolysis) is 1. The van der Waals surface area contributed by atoms with Crippen molar-refractivity contribution in [3.63, 3.8) is 0 Å². The van der Waals surface area contributed by atoms with Gasteiger partial charge in [0.2, 0.25) is 0 Å². The van der Waals surface area contributed by atoms with E-state index in [2.05, 4.69) is 21.9 Å². The third kappa shape index (κ3) is 6.80. The van der Waals surface area contributed by atoms with Gasteiger partial charge >= 0.3 is 12.1 Å². The molecule has 118 valence electrons. The van der Waals surface area contributed by atoms with E-state index in [-0.39, 0.29) is 0 Å². The van der Waals surface area contributed by atoms with E-state index >= 15 is 0 Å². The Bertz CT molecular complexity index is 591. The van der Waals surface area contributed by atoms with Crippen LogP contribution < -0.4 is 5.32 Å². The number of benzene rings is 1. The minimum absolute atomic E-state index is 0.393. The zero-order valence-corrected chi connectivity index (χ0v) is 13.4. The summed E-state index contributed by atoms with van der Waals surface area (Å²) in [6.45, 7) is 5.82. The summed E-state index contributed by atoms with van der Waals surface area (Å²) in [5, 5.41) is 2.63. The monoisotopic (exact) mass is 303 g/mol. The molecule has 0 fully saturated rings. The van der Waals surface area contributed by atoms with Gasteiger partial charge in [-0.1, -0.05) is 17.9 Å². The molecule has 1 amide bonds. The molecule has 1 rings (SSSR count). The van der Waals surface area contributed by atoms with Crippen LogP contribution in [0.5, 0.6) is 0 Å². The molecule has 0 unspecified atom stereocenters. The second-order valence-corrected chi connectivity index (χ2v) is 5.55. The Labute approximate surface area is 131 Å². The highest BCUT2D eigenvalue weighted by Gasteiger charge is 2.15. The van der Waals surface area contributed by atoms with E-state index in [1.54, 1.807) is 45.0 Å². The Kier molecular flexibility index (Phi) is 6.46. The van der Waals surface area contributed by atoms with Crippen LogP contribution in [-0.4, -0.2) is 31.3 Å². The topological polar surface area (TPSA) is 64.6 Å². The van der Waals surface area contributed by atoms with Crippen LogP contribution in [0.4, 0.5) is 4.79 Å². The number of hydrogen-bond donors (Lipinski definition) is 1. The predicted octanol–water partition coefficient (Wildman–Crippen LogP) is 2.74. The molecule has 22 heavy (non-hydrogen) atoms. The Balaban J connectivity index is 2.45. The zero-order chi connectivity index (χ0) is 16.6. The highest BCUT2D eigenvalue weighted by atomic mass is 16.6. The highest BCUT2D eigenvalue weighted by molar-refractivity contribution is 5.89. The molecular formula is C17H21NO4. The normalized spacial score (nSPS) is 10.2. The van der Waals surface area contributed by atoms with Crippen LogP contribution in [0.15, 0.2) is 24.3 Å². The Hall–Kier alpha value is -2.48. The number of nitrogens with one attached hydrogen (secondary N) is 1. The fraction of sp³-hybridized carbons (Fsp3) is 0.412. The van der Waals surface area contributed by atoms with Crippen molar-refractivity contribution >= 4 is 12.1 Å². The Morgan fingerprint density at radius 2 is 2.00 bits per heavy atom. The van der Waals surface area contributed by atoms with Crippen LogP contribution in [0.3, 0.4) is 0 Å². The summed E-state index contributed by atoms with van der Waals surface area (Å²) >= 11 is 0. The van der Waals surface area contributed by atoms with Crippen LogP contribution in [0.1, 0.15) is 43.1 Å². The number of esters is 1. The molecular weight excluding hydrogens is 282 g/mol. The van der Waals surface area contributed by atoms with Gasteiger partial charge in [0.15, 0.2) is 0 Å². The van der Waals surface area contributed by atoms with Gasteiger partial charge in [0.1, 0.15) is 5.60 Å². The lowest BCUT2D eigenvalue weighted by atomic mass is 10.1. The number of hydrogen-bond acceptors (Lipinski definition) is 4. The van der Waals surface area contributed by atoms with Crippen molar-refractivity contribution in [1.29, 1.82) is 0 Å². The van der Waals surface area contributed by atoms with Gasteiger partial charge in [-0.2, -0.15) is 0 Å². The van der Waals surface area contributed by atoms with E-state index < -0.39 is 17.7 Å². The van der Waals surface area contributed by atoms with Crippen molar-refractivity contribution in [2.45, 2.75) is 32.8 Å². The molecule has 1 aromatic carbocycles. The number of carbonyl (C=O) groups is 2. The number of ether oxygens (including phenoxy) is 2. The van der Waals surface area contributed by atoms with E-state index in [1.165, 1.54) is 7.11 Å². The van der Waals surface area contributed by atoms with Gasteiger partial charge in [-0.3, -0.25) is 0 Å². The van der Waals surface area contributed by atoms with Crippen molar-refractivity contribution in [3.05, 3.63) is 35.4 Å². The SMILES string of the molecule is COC(=O)c1cccc(C#CCCNC(=O)OC(C)(C)C)c1. The fourth-order valence-electron chi connectivity index (χ4n) is 1.55. The number of amides is 1. The van der Waals surface area contributed by atoms with Crippen LogP contribution >= 0.6 is 0 Å². The Morgan fingerprint density at radius 3 is 2.64 bits per heavy atom. The summed E-state index contributed by atoms with van der Waals surface area (Å²) in [4.78, 5) is 22.8. The van der Waals surface area contributed by atoms with E-state index in [4.69, 9.17) is 4.74 Å². The summed E-state index contributed by atoms with van der Waals surface area (Å²) < 4.78 is 9.76. The third-order valence-corrected chi connectivity index (χ3v) is 2.43. The molecule has 0 aromatic heterocycles. The lowest BCUT2D eigenvalue weighted by molar-refractivity contribution is 0.0527. The quantitative estimate of drug-likeness (QED) is 0.530. The van der Waals surface area contributed by atoms with E-state index in [9.17, 15) is 9.59 Å². The number of rotatable bonds is 3. The lowest BCUT2D eigenvalue weighted by Gasteiger charge is -2.19. The van der Waals surface area contributed by atoms with Gasteiger partial charge in [-0.25, -0.2) is 9.59 Å². The molecule has 0 saturated heterocycles. The first-order chi connectivity index (χ1) is 10.3. The van der Waals surface area contributed by atoms with Crippen LogP contribution in [0, 0.1) is 11.8 Å². The minimum atomic E-state index is -0.510. The van der Waals surface area contributed by atoms with Crippen LogP contribution in [0.2, 0.25) is 0 Å². The molecule has 1 aromatic rings. The zero-order valence-electron chi connectivity index (χ0n) is 13.4. The summed E-state index contributed by atoms with van der Waals surface area (Å²) in [6.07, 6.45) is 0.0313. The molecule has 0 aliphatic carbocycles. The molecule has 0 atom stereocenters. The summed E-state index contributed by atoms with van der Waals surface area (Å²) in [5.74, 6) is 5.47. The molecule has 0 aliphatic rings. The molecule has 1 N–H and O–H groups in total. The average molecular weight is 303 g/mol. The fourth-order valence-corrected chi connectivity index (χ4v) is 1.55. The molecule has 5 nitrogen and oxygen atoms in total. The van der Waals surface area contributed by atoms with Crippen LogP contribution in [-0.2, 0) is 9.47 Å². The molecule has 0 bridgehead atoms. The maximum atomic E-state index is 11.4. The maximum absolute atomic E-state index is 11.4. The first-order valence-corrected chi connectivity index (χ1v) is 6.96. The summed E-state index contributed by atoms with van der Waals surface area (Å²) in [6, 6.07) is 6.89. The first-order valence-electron chi connectivity index (χ1n) is 6.96. The van der Waals surface area contributed by atoms with Crippen molar-refractivity contribution in [2.24, 2.45) is 0 Å². The summed E-state index contributed by atoms with van der Waals surface area (Å²) in [7, 11) is 1.34. The van der Waals surface area contributed by atoms with Crippen LogP contribution in [0.25, 0.3) is 0 Å². The van der Waals surface area contributed by atoms with Gasteiger partial charge < -0.3 is 14.8 Å². The van der Waals surface area contributed by atoms with Crippen molar-refractivity contribution in [2.75, 3.05) is 13.7 Å². The summed E-state index contributed by atoms with van der Waals surface area (Å²) in [5.41, 5.74) is 0.672. The van der Waals surface area contributed by atoms with Gasteiger partial charge in [0.25, 0.3) is 0 Å². The molecule has 0 saturated carbocycles. The molecule has 5 heteroatoms. The molecule has 0 spiro atoms. The van der Waals surface area contributed by atoms with Gasteiger partial charge in [0.05, 0.1) is 12.7 Å². The van der Waals surface area contributed by atoms with Gasteiger partial charge in [-0.05, 0) is 39.0 Å². The predicted molar refractivity (Wildman–Crippen MR) is 83.5 cm³/mol. The first kappa shape index (κ1) is 17.6. The number of carbonyl (C=O) groups excluding carboxylic acids is 2. The minimum Gasteiger partial charge on any atom is -0.465 e. The van der Waals surface area contributed by atoms with Crippen molar-refractivity contribution < 1.29 is 19.1 Å². The molecule has 0 aliphatic heterocycles. The lowest BCUT2D eigenvalue weighted by Crippen LogP contribution is -2.32. The van der Waals surface area contributed by atoms with E-state index in [0.29, 0.717) is 18.5 Å². The van der Waals surface area contributed by atoms with E-state index in [0.717, 1.165) is 5.56 Å². The molecule has 0 radical (unpaired) electrons. The van der Waals surface area contributed by atoms with Gasteiger partial charge in [-0.15, -0.1) is 0 Å². The second kappa shape index (κ2) is 8.08. The van der Waals surface area contributed by atoms with E-state index in [1.807, 2.05) is 0 Å². The second-order valence-electron chi connectivity index (χ2n) is 5.55. The smallest absolute Gasteiger partial charge is 0.407 e. The number of methoxy groups -OCH3 is 1. The highest BCUT2D eigenvalue weighted by Crippen LogP contribution is 2.06. The average Bonchev–Trinajstić information content (AvgIpc) is 2.44. The largest absolute Gasteiger partial charge is 0.465 e.